The largest absolute Gasteiger partial charge is 0.494 e. The van der Waals surface area contributed by atoms with Crippen LogP contribution in [0.25, 0.3) is 10.2 Å². The SMILES string of the molecule is O=C(CCCOc1ccc(F)cc1)N1CCN(c2ncnc3sccc23)CC1. The minimum absolute atomic E-state index is 0.144. The molecule has 0 radical (unpaired) electrons. The van der Waals surface area contributed by atoms with E-state index in [2.05, 4.69) is 14.9 Å². The monoisotopic (exact) mass is 400 g/mol. The lowest BCUT2D eigenvalue weighted by molar-refractivity contribution is -0.131. The first-order valence-electron chi connectivity index (χ1n) is 9.30. The number of hydrogen-bond donors (Lipinski definition) is 0. The molecule has 3 heterocycles. The van der Waals surface area contributed by atoms with E-state index in [1.54, 1.807) is 29.8 Å². The number of halogens is 1. The van der Waals surface area contributed by atoms with Crippen molar-refractivity contribution in [2.45, 2.75) is 12.8 Å². The number of amides is 1. The molecule has 0 aliphatic carbocycles. The Kier molecular flexibility index (Phi) is 5.66. The summed E-state index contributed by atoms with van der Waals surface area (Å²) in [5, 5.41) is 3.10. The Morgan fingerprint density at radius 2 is 1.89 bits per heavy atom. The Bertz CT molecular complexity index is 939. The molecule has 0 unspecified atom stereocenters. The van der Waals surface area contributed by atoms with Gasteiger partial charge in [0.2, 0.25) is 5.91 Å². The van der Waals surface area contributed by atoms with Crippen molar-refractivity contribution in [3.63, 3.8) is 0 Å². The molecule has 1 aromatic carbocycles. The lowest BCUT2D eigenvalue weighted by Gasteiger charge is -2.35. The molecule has 0 saturated carbocycles. The summed E-state index contributed by atoms with van der Waals surface area (Å²) >= 11 is 1.61. The summed E-state index contributed by atoms with van der Waals surface area (Å²) < 4.78 is 18.4. The van der Waals surface area contributed by atoms with Gasteiger partial charge in [-0.3, -0.25) is 4.79 Å². The highest BCUT2D eigenvalue weighted by Gasteiger charge is 2.23. The van der Waals surface area contributed by atoms with Crippen LogP contribution in [-0.2, 0) is 4.79 Å². The summed E-state index contributed by atoms with van der Waals surface area (Å²) in [5.41, 5.74) is 0. The van der Waals surface area contributed by atoms with Crippen molar-refractivity contribution in [2.75, 3.05) is 37.7 Å². The molecular formula is C20H21FN4O2S. The van der Waals surface area contributed by atoms with E-state index in [0.29, 0.717) is 38.3 Å². The van der Waals surface area contributed by atoms with Crippen LogP contribution in [0, 0.1) is 5.82 Å². The maximum absolute atomic E-state index is 12.9. The second-order valence-corrected chi connectivity index (χ2v) is 7.51. The van der Waals surface area contributed by atoms with E-state index in [4.69, 9.17) is 4.74 Å². The predicted molar refractivity (Wildman–Crippen MR) is 107 cm³/mol. The molecule has 8 heteroatoms. The molecule has 6 nitrogen and oxygen atoms in total. The highest BCUT2D eigenvalue weighted by molar-refractivity contribution is 7.16. The number of ether oxygens (including phenoxy) is 1. The van der Waals surface area contributed by atoms with E-state index in [-0.39, 0.29) is 11.7 Å². The summed E-state index contributed by atoms with van der Waals surface area (Å²) in [6.07, 6.45) is 2.69. The van der Waals surface area contributed by atoms with Crippen LogP contribution in [0.5, 0.6) is 5.75 Å². The molecule has 1 fully saturated rings. The molecular weight excluding hydrogens is 379 g/mol. The molecule has 3 aromatic rings. The second kappa shape index (κ2) is 8.52. The van der Waals surface area contributed by atoms with E-state index in [0.717, 1.165) is 29.1 Å². The zero-order valence-electron chi connectivity index (χ0n) is 15.4. The van der Waals surface area contributed by atoms with Crippen molar-refractivity contribution in [1.29, 1.82) is 0 Å². The van der Waals surface area contributed by atoms with Crippen LogP contribution in [0.15, 0.2) is 42.0 Å². The van der Waals surface area contributed by atoms with Crippen LogP contribution < -0.4 is 9.64 Å². The third-order valence-corrected chi connectivity index (χ3v) is 5.61. The number of aromatic nitrogens is 2. The van der Waals surface area contributed by atoms with Gasteiger partial charge >= 0.3 is 0 Å². The van der Waals surface area contributed by atoms with Crippen molar-refractivity contribution in [2.24, 2.45) is 0 Å². The van der Waals surface area contributed by atoms with E-state index in [1.807, 2.05) is 16.3 Å². The number of fused-ring (bicyclic) bond motifs is 1. The zero-order valence-corrected chi connectivity index (χ0v) is 16.2. The van der Waals surface area contributed by atoms with Crippen LogP contribution >= 0.6 is 11.3 Å². The number of carbonyl (C=O) groups excluding carboxylic acids is 1. The minimum Gasteiger partial charge on any atom is -0.494 e. The summed E-state index contributed by atoms with van der Waals surface area (Å²) in [6.45, 7) is 3.34. The van der Waals surface area contributed by atoms with Gasteiger partial charge in [-0.1, -0.05) is 0 Å². The Morgan fingerprint density at radius 1 is 1.11 bits per heavy atom. The molecule has 1 saturated heterocycles. The van der Waals surface area contributed by atoms with Gasteiger partial charge in [0, 0.05) is 32.6 Å². The van der Waals surface area contributed by atoms with Gasteiger partial charge in [0.15, 0.2) is 0 Å². The van der Waals surface area contributed by atoms with Gasteiger partial charge < -0.3 is 14.5 Å². The van der Waals surface area contributed by atoms with Gasteiger partial charge in [-0.25, -0.2) is 14.4 Å². The van der Waals surface area contributed by atoms with Crippen LogP contribution in [-0.4, -0.2) is 53.6 Å². The summed E-state index contributed by atoms with van der Waals surface area (Å²) in [5.74, 6) is 1.42. The first kappa shape index (κ1) is 18.6. The van der Waals surface area contributed by atoms with Crippen molar-refractivity contribution < 1.29 is 13.9 Å². The average molecular weight is 400 g/mol. The van der Waals surface area contributed by atoms with Gasteiger partial charge in [0.1, 0.15) is 28.5 Å². The molecule has 0 spiro atoms. The lowest BCUT2D eigenvalue weighted by Crippen LogP contribution is -2.49. The predicted octanol–water partition coefficient (Wildman–Crippen LogP) is 3.34. The fourth-order valence-electron chi connectivity index (χ4n) is 3.30. The third-order valence-electron chi connectivity index (χ3n) is 4.79. The quantitative estimate of drug-likeness (QED) is 0.594. The minimum atomic E-state index is -0.289. The molecule has 28 heavy (non-hydrogen) atoms. The van der Waals surface area contributed by atoms with Crippen molar-refractivity contribution in [1.82, 2.24) is 14.9 Å². The molecule has 1 amide bonds. The number of rotatable bonds is 6. The standard InChI is InChI=1S/C20H21FN4O2S/c21-15-3-5-16(6-4-15)27-12-1-2-18(26)24-8-10-25(11-9-24)19-17-7-13-28-20(17)23-14-22-19/h3-7,13-14H,1-2,8-12H2. The van der Waals surface area contributed by atoms with Crippen LogP contribution in [0.4, 0.5) is 10.2 Å². The lowest BCUT2D eigenvalue weighted by atomic mass is 10.2. The molecule has 1 aliphatic heterocycles. The maximum atomic E-state index is 12.9. The number of hydrogen-bond acceptors (Lipinski definition) is 6. The fourth-order valence-corrected chi connectivity index (χ4v) is 4.03. The average Bonchev–Trinajstić information content (AvgIpc) is 3.21. The number of thiophene rings is 1. The molecule has 146 valence electrons. The Hall–Kier alpha value is -2.74. The van der Waals surface area contributed by atoms with Crippen LogP contribution in [0.3, 0.4) is 0 Å². The van der Waals surface area contributed by atoms with Crippen LogP contribution in [0.1, 0.15) is 12.8 Å². The highest BCUT2D eigenvalue weighted by Crippen LogP contribution is 2.27. The van der Waals surface area contributed by atoms with E-state index >= 15 is 0 Å². The zero-order chi connectivity index (χ0) is 19.3. The number of nitrogens with zero attached hydrogens (tertiary/aromatic N) is 4. The number of benzene rings is 1. The summed E-state index contributed by atoms with van der Waals surface area (Å²) in [6, 6.07) is 7.96. The first-order valence-corrected chi connectivity index (χ1v) is 10.2. The number of carbonyl (C=O) groups is 1. The van der Waals surface area contributed by atoms with E-state index in [9.17, 15) is 9.18 Å². The molecule has 0 bridgehead atoms. The second-order valence-electron chi connectivity index (χ2n) is 6.61. The van der Waals surface area contributed by atoms with Crippen molar-refractivity contribution in [3.05, 3.63) is 47.9 Å². The van der Waals surface area contributed by atoms with Gasteiger partial charge in [-0.2, -0.15) is 0 Å². The van der Waals surface area contributed by atoms with Gasteiger partial charge in [-0.15, -0.1) is 11.3 Å². The first-order chi connectivity index (χ1) is 13.7. The normalized spacial score (nSPS) is 14.5. The highest BCUT2D eigenvalue weighted by atomic mass is 32.1. The molecule has 4 rings (SSSR count). The summed E-state index contributed by atoms with van der Waals surface area (Å²) in [4.78, 5) is 26.3. The van der Waals surface area contributed by atoms with Gasteiger partial charge in [-0.05, 0) is 42.1 Å². The van der Waals surface area contributed by atoms with Crippen molar-refractivity contribution in [3.8, 4) is 5.75 Å². The molecule has 1 aliphatic rings. The Labute approximate surface area is 166 Å². The maximum Gasteiger partial charge on any atom is 0.222 e. The Balaban J connectivity index is 1.23. The van der Waals surface area contributed by atoms with E-state index < -0.39 is 0 Å². The molecule has 2 aromatic heterocycles. The fraction of sp³-hybridized carbons (Fsp3) is 0.350. The molecule has 0 N–H and O–H groups in total. The number of piperazine rings is 1. The Morgan fingerprint density at radius 3 is 2.68 bits per heavy atom. The smallest absolute Gasteiger partial charge is 0.222 e. The summed E-state index contributed by atoms with van der Waals surface area (Å²) in [7, 11) is 0. The van der Waals surface area contributed by atoms with Crippen molar-refractivity contribution >= 4 is 33.3 Å². The number of anilines is 1. The third kappa shape index (κ3) is 4.22. The molecule has 0 atom stereocenters. The van der Waals surface area contributed by atoms with Crippen LogP contribution in [0.2, 0.25) is 0 Å². The van der Waals surface area contributed by atoms with Gasteiger partial charge in [0.05, 0.1) is 12.0 Å². The van der Waals surface area contributed by atoms with Gasteiger partial charge in [0.25, 0.3) is 0 Å². The van der Waals surface area contributed by atoms with E-state index in [1.165, 1.54) is 12.1 Å². The topological polar surface area (TPSA) is 58.6 Å².